The summed E-state index contributed by atoms with van der Waals surface area (Å²) in [5, 5.41) is 6.37. The van der Waals surface area contributed by atoms with Gasteiger partial charge in [0.05, 0.1) is 0 Å². The number of benzene rings is 1. The molecule has 2 rings (SSSR count). The Labute approximate surface area is 160 Å². The fraction of sp³-hybridized carbons (Fsp3) is 0.611. The quantitative estimate of drug-likeness (QED) is 0.540. The van der Waals surface area contributed by atoms with Gasteiger partial charge in [-0.25, -0.2) is 4.39 Å². The molecule has 3 unspecified atom stereocenters. The van der Waals surface area contributed by atoms with E-state index in [1.807, 2.05) is 6.92 Å². The highest BCUT2D eigenvalue weighted by molar-refractivity contribution is 7.85. The van der Waals surface area contributed by atoms with Gasteiger partial charge in [0, 0.05) is 47.0 Å². The van der Waals surface area contributed by atoms with Crippen molar-refractivity contribution in [3.8, 4) is 5.75 Å². The van der Waals surface area contributed by atoms with Crippen molar-refractivity contribution in [2.45, 2.75) is 57.1 Å². The Bertz CT molecular complexity index is 673. The zero-order chi connectivity index (χ0) is 19.8. The molecule has 2 N–H and O–H groups in total. The van der Waals surface area contributed by atoms with Crippen molar-refractivity contribution in [1.82, 2.24) is 10.6 Å². The highest BCUT2D eigenvalue weighted by Gasteiger charge is 2.26. The normalized spacial score (nSPS) is 21.8. The van der Waals surface area contributed by atoms with E-state index in [2.05, 4.69) is 20.4 Å². The molecule has 3 atom stereocenters. The third-order valence-corrected chi connectivity index (χ3v) is 6.31. The Morgan fingerprint density at radius 1 is 1.41 bits per heavy atom. The van der Waals surface area contributed by atoms with Gasteiger partial charge < -0.3 is 15.4 Å². The monoisotopic (exact) mass is 405 g/mol. The topological polar surface area (TPSA) is 62.7 Å². The summed E-state index contributed by atoms with van der Waals surface area (Å²) in [6, 6.07) is 3.92. The van der Waals surface area contributed by atoms with E-state index in [0.717, 1.165) is 25.7 Å². The van der Waals surface area contributed by atoms with Gasteiger partial charge in [-0.2, -0.15) is 8.78 Å². The molecule has 1 aromatic carbocycles. The van der Waals surface area contributed by atoms with Crippen molar-refractivity contribution in [2.75, 3.05) is 12.8 Å². The van der Waals surface area contributed by atoms with Crippen molar-refractivity contribution >= 4 is 16.8 Å². The van der Waals surface area contributed by atoms with E-state index >= 15 is 0 Å². The highest BCUT2D eigenvalue weighted by Crippen LogP contribution is 2.24. The number of hydrogen-bond donors (Lipinski definition) is 2. The number of nitrogens with zero attached hydrogens (tertiary/aromatic N) is 1. The molecule has 0 aliphatic heterocycles. The number of halogens is 3. The SMILES string of the molecule is CCS(=O)C1CCCC(NC(=NC)NCc2c(F)cccc2OC(F)F)C1. The predicted octanol–water partition coefficient (Wildman–Crippen LogP) is 3.17. The summed E-state index contributed by atoms with van der Waals surface area (Å²) in [6.45, 7) is -1.16. The average Bonchev–Trinajstić information content (AvgIpc) is 2.65. The fourth-order valence-corrected chi connectivity index (χ4v) is 4.58. The molecule has 0 radical (unpaired) electrons. The molecule has 1 saturated carbocycles. The second kappa shape index (κ2) is 10.5. The van der Waals surface area contributed by atoms with Gasteiger partial charge in [0.1, 0.15) is 11.6 Å². The molecule has 1 aliphatic rings. The Hall–Kier alpha value is -1.77. The van der Waals surface area contributed by atoms with Gasteiger partial charge in [0.2, 0.25) is 0 Å². The Balaban J connectivity index is 1.97. The Morgan fingerprint density at radius 3 is 2.85 bits per heavy atom. The van der Waals surface area contributed by atoms with Gasteiger partial charge in [-0.3, -0.25) is 9.20 Å². The van der Waals surface area contributed by atoms with E-state index in [0.29, 0.717) is 11.7 Å². The van der Waals surface area contributed by atoms with Crippen LogP contribution in [0.5, 0.6) is 5.75 Å². The molecule has 1 aromatic rings. The molecule has 0 amide bonds. The summed E-state index contributed by atoms with van der Waals surface area (Å²) in [4.78, 5) is 4.11. The number of ether oxygens (including phenoxy) is 1. The molecule has 1 fully saturated rings. The summed E-state index contributed by atoms with van der Waals surface area (Å²) >= 11 is 0. The van der Waals surface area contributed by atoms with E-state index in [-0.39, 0.29) is 29.1 Å². The number of alkyl halides is 2. The molecule has 0 heterocycles. The molecule has 1 aliphatic carbocycles. The van der Waals surface area contributed by atoms with Crippen LogP contribution in [0.4, 0.5) is 13.2 Å². The second-order valence-electron chi connectivity index (χ2n) is 6.32. The van der Waals surface area contributed by atoms with Gasteiger partial charge in [-0.15, -0.1) is 0 Å². The lowest BCUT2D eigenvalue weighted by Crippen LogP contribution is -2.46. The van der Waals surface area contributed by atoms with Crippen LogP contribution in [-0.4, -0.2) is 40.9 Å². The van der Waals surface area contributed by atoms with Crippen molar-refractivity contribution in [3.63, 3.8) is 0 Å². The van der Waals surface area contributed by atoms with E-state index in [9.17, 15) is 17.4 Å². The number of rotatable bonds is 7. The minimum atomic E-state index is -3.03. The van der Waals surface area contributed by atoms with Crippen molar-refractivity contribution < 1.29 is 22.1 Å². The molecule has 0 aromatic heterocycles. The molecule has 27 heavy (non-hydrogen) atoms. The lowest BCUT2D eigenvalue weighted by molar-refractivity contribution is -0.0506. The summed E-state index contributed by atoms with van der Waals surface area (Å²) < 4.78 is 55.5. The van der Waals surface area contributed by atoms with Crippen molar-refractivity contribution in [2.24, 2.45) is 4.99 Å². The first-order valence-corrected chi connectivity index (χ1v) is 10.4. The first-order chi connectivity index (χ1) is 12.9. The van der Waals surface area contributed by atoms with Crippen LogP contribution in [0.3, 0.4) is 0 Å². The Morgan fingerprint density at radius 2 is 2.19 bits per heavy atom. The number of nitrogens with one attached hydrogen (secondary N) is 2. The van der Waals surface area contributed by atoms with Gasteiger partial charge in [-0.1, -0.05) is 19.4 Å². The zero-order valence-corrected chi connectivity index (χ0v) is 16.3. The van der Waals surface area contributed by atoms with Crippen LogP contribution < -0.4 is 15.4 Å². The minimum absolute atomic E-state index is 0.00866. The van der Waals surface area contributed by atoms with Crippen molar-refractivity contribution in [3.05, 3.63) is 29.6 Å². The third kappa shape index (κ3) is 6.41. The maximum absolute atomic E-state index is 14.0. The number of guanidine groups is 1. The van der Waals surface area contributed by atoms with Gasteiger partial charge >= 0.3 is 6.61 Å². The molecular weight excluding hydrogens is 379 g/mol. The lowest BCUT2D eigenvalue weighted by Gasteiger charge is -2.30. The number of aliphatic imine (C=N–C) groups is 1. The van der Waals surface area contributed by atoms with Crippen LogP contribution in [0.2, 0.25) is 0 Å². The van der Waals surface area contributed by atoms with Gasteiger partial charge in [0.25, 0.3) is 0 Å². The standard InChI is InChI=1S/C18H26F3N3O2S/c1-3-27(25)13-7-4-6-12(10-13)24-18(22-2)23-11-14-15(19)8-5-9-16(14)26-17(20)21/h5,8-9,12-13,17H,3-4,6-7,10-11H2,1-2H3,(H2,22,23,24). The number of hydrogen-bond acceptors (Lipinski definition) is 3. The summed E-state index contributed by atoms with van der Waals surface area (Å²) in [5.74, 6) is 0.246. The third-order valence-electron chi connectivity index (χ3n) is 4.57. The molecule has 152 valence electrons. The van der Waals surface area contributed by atoms with E-state index < -0.39 is 23.2 Å². The first kappa shape index (κ1) is 21.5. The maximum Gasteiger partial charge on any atom is 0.387 e. The van der Waals surface area contributed by atoms with E-state index in [1.165, 1.54) is 18.2 Å². The largest absolute Gasteiger partial charge is 0.434 e. The molecule has 5 nitrogen and oxygen atoms in total. The molecule has 9 heteroatoms. The Kier molecular flexibility index (Phi) is 8.40. The predicted molar refractivity (Wildman–Crippen MR) is 101 cm³/mol. The summed E-state index contributed by atoms with van der Waals surface area (Å²) in [6.07, 6.45) is 3.64. The van der Waals surface area contributed by atoms with E-state index in [4.69, 9.17) is 0 Å². The average molecular weight is 405 g/mol. The van der Waals surface area contributed by atoms with Crippen LogP contribution >= 0.6 is 0 Å². The van der Waals surface area contributed by atoms with Crippen LogP contribution in [-0.2, 0) is 17.3 Å². The summed E-state index contributed by atoms with van der Waals surface area (Å²) in [7, 11) is 0.747. The fourth-order valence-electron chi connectivity index (χ4n) is 3.23. The van der Waals surface area contributed by atoms with Crippen LogP contribution in [0.15, 0.2) is 23.2 Å². The van der Waals surface area contributed by atoms with Crippen LogP contribution in [0.25, 0.3) is 0 Å². The highest BCUT2D eigenvalue weighted by atomic mass is 32.2. The smallest absolute Gasteiger partial charge is 0.387 e. The van der Waals surface area contributed by atoms with Crippen LogP contribution in [0.1, 0.15) is 38.2 Å². The summed E-state index contributed by atoms with van der Waals surface area (Å²) in [5.41, 5.74) is 0.00866. The van der Waals surface area contributed by atoms with Gasteiger partial charge in [0.15, 0.2) is 5.96 Å². The van der Waals surface area contributed by atoms with Crippen molar-refractivity contribution in [1.29, 1.82) is 0 Å². The zero-order valence-electron chi connectivity index (χ0n) is 15.5. The molecular formula is C18H26F3N3O2S. The van der Waals surface area contributed by atoms with E-state index in [1.54, 1.807) is 7.05 Å². The molecule has 0 spiro atoms. The molecule has 0 bridgehead atoms. The lowest BCUT2D eigenvalue weighted by atomic mass is 9.95. The maximum atomic E-state index is 14.0. The van der Waals surface area contributed by atoms with Gasteiger partial charge in [-0.05, 0) is 31.4 Å². The first-order valence-electron chi connectivity index (χ1n) is 9.01. The molecule has 0 saturated heterocycles. The minimum Gasteiger partial charge on any atom is -0.434 e. The second-order valence-corrected chi connectivity index (χ2v) is 8.33. The van der Waals surface area contributed by atoms with Crippen LogP contribution in [0, 0.1) is 5.82 Å².